The molecule has 0 unspecified atom stereocenters. The third-order valence-electron chi connectivity index (χ3n) is 3.25. The van der Waals surface area contributed by atoms with Crippen LogP contribution < -0.4 is 0 Å². The fourth-order valence-electron chi connectivity index (χ4n) is 2.44. The van der Waals surface area contributed by atoms with E-state index in [2.05, 4.69) is 0 Å². The van der Waals surface area contributed by atoms with Gasteiger partial charge in [0.15, 0.2) is 0 Å². The Morgan fingerprint density at radius 2 is 2.17 bits per heavy atom. The molecule has 2 rings (SSSR count). The van der Waals surface area contributed by atoms with E-state index in [9.17, 15) is 14.9 Å². The molecule has 0 spiro atoms. The van der Waals surface area contributed by atoms with Gasteiger partial charge in [-0.05, 0) is 11.1 Å². The standard InChI is InChI=1S/C12H14N2O4/c1-12(2)7-13(11(15)16)6-8-5-9(14(17)18)3-4-10(8)12/h3-5H,6-7H2,1-2H3,(H,15,16). The molecule has 0 atom stereocenters. The molecule has 0 saturated carbocycles. The van der Waals surface area contributed by atoms with Crippen LogP contribution in [0, 0.1) is 10.1 Å². The zero-order valence-electron chi connectivity index (χ0n) is 10.2. The second kappa shape index (κ2) is 3.97. The summed E-state index contributed by atoms with van der Waals surface area (Å²) in [7, 11) is 0. The number of fused-ring (bicyclic) bond motifs is 1. The molecule has 0 aliphatic carbocycles. The van der Waals surface area contributed by atoms with E-state index in [0.717, 1.165) is 5.56 Å². The van der Waals surface area contributed by atoms with Gasteiger partial charge in [-0.25, -0.2) is 4.79 Å². The van der Waals surface area contributed by atoms with Crippen LogP contribution >= 0.6 is 0 Å². The third-order valence-corrected chi connectivity index (χ3v) is 3.25. The summed E-state index contributed by atoms with van der Waals surface area (Å²) in [5.41, 5.74) is 1.35. The second-order valence-electron chi connectivity index (χ2n) is 5.12. The highest BCUT2D eigenvalue weighted by molar-refractivity contribution is 5.66. The number of benzene rings is 1. The van der Waals surface area contributed by atoms with Crippen molar-refractivity contribution in [1.29, 1.82) is 0 Å². The van der Waals surface area contributed by atoms with Crippen LogP contribution in [0.4, 0.5) is 10.5 Å². The molecule has 1 aliphatic heterocycles. The first kappa shape index (κ1) is 12.3. The highest BCUT2D eigenvalue weighted by Gasteiger charge is 2.34. The van der Waals surface area contributed by atoms with Gasteiger partial charge in [-0.1, -0.05) is 19.9 Å². The van der Waals surface area contributed by atoms with Crippen LogP contribution in [0.2, 0.25) is 0 Å². The summed E-state index contributed by atoms with van der Waals surface area (Å²) < 4.78 is 0. The van der Waals surface area contributed by atoms with E-state index < -0.39 is 11.0 Å². The minimum absolute atomic E-state index is 0.00297. The molecule has 0 aromatic heterocycles. The molecule has 96 valence electrons. The molecule has 1 aromatic carbocycles. The van der Waals surface area contributed by atoms with Crippen molar-refractivity contribution < 1.29 is 14.8 Å². The van der Waals surface area contributed by atoms with Crippen LogP contribution in [0.5, 0.6) is 0 Å². The lowest BCUT2D eigenvalue weighted by Gasteiger charge is -2.38. The first-order chi connectivity index (χ1) is 8.31. The van der Waals surface area contributed by atoms with Crippen molar-refractivity contribution in [2.45, 2.75) is 25.8 Å². The smallest absolute Gasteiger partial charge is 0.407 e. The Bertz CT molecular complexity index is 525. The van der Waals surface area contributed by atoms with E-state index >= 15 is 0 Å². The van der Waals surface area contributed by atoms with Gasteiger partial charge in [0.25, 0.3) is 5.69 Å². The Morgan fingerprint density at radius 3 is 2.72 bits per heavy atom. The maximum absolute atomic E-state index is 11.1. The van der Waals surface area contributed by atoms with Crippen molar-refractivity contribution in [1.82, 2.24) is 4.90 Å². The summed E-state index contributed by atoms with van der Waals surface area (Å²) in [5.74, 6) is 0. The van der Waals surface area contributed by atoms with Crippen LogP contribution in [0.25, 0.3) is 0 Å². The summed E-state index contributed by atoms with van der Waals surface area (Å²) in [5, 5.41) is 19.8. The second-order valence-corrected chi connectivity index (χ2v) is 5.12. The number of carbonyl (C=O) groups is 1. The quantitative estimate of drug-likeness (QED) is 0.612. The summed E-state index contributed by atoms with van der Waals surface area (Å²) in [4.78, 5) is 22.6. The lowest BCUT2D eigenvalue weighted by molar-refractivity contribution is -0.385. The number of non-ortho nitro benzene ring substituents is 1. The van der Waals surface area contributed by atoms with Crippen molar-refractivity contribution >= 4 is 11.8 Å². The van der Waals surface area contributed by atoms with Crippen molar-refractivity contribution in [2.24, 2.45) is 0 Å². The number of amides is 1. The molecule has 0 radical (unpaired) electrons. The molecule has 6 heteroatoms. The lowest BCUT2D eigenvalue weighted by atomic mass is 9.78. The van der Waals surface area contributed by atoms with Crippen molar-refractivity contribution in [2.75, 3.05) is 6.54 Å². The van der Waals surface area contributed by atoms with Gasteiger partial charge in [-0.2, -0.15) is 0 Å². The number of hydrogen-bond acceptors (Lipinski definition) is 3. The summed E-state index contributed by atoms with van der Waals surface area (Å²) in [6.45, 7) is 4.47. The largest absolute Gasteiger partial charge is 0.465 e. The maximum Gasteiger partial charge on any atom is 0.407 e. The van der Waals surface area contributed by atoms with Crippen LogP contribution in [0.15, 0.2) is 18.2 Å². The first-order valence-electron chi connectivity index (χ1n) is 5.57. The summed E-state index contributed by atoms with van der Waals surface area (Å²) >= 11 is 0. The van der Waals surface area contributed by atoms with E-state index in [4.69, 9.17) is 5.11 Å². The molecular weight excluding hydrogens is 236 g/mol. The van der Waals surface area contributed by atoms with Crippen molar-refractivity contribution in [3.05, 3.63) is 39.4 Å². The molecule has 1 aliphatic rings. The van der Waals surface area contributed by atoms with Gasteiger partial charge in [-0.3, -0.25) is 10.1 Å². The number of nitro groups is 1. The molecule has 18 heavy (non-hydrogen) atoms. The molecule has 0 fully saturated rings. The molecule has 1 N–H and O–H groups in total. The van der Waals surface area contributed by atoms with Gasteiger partial charge in [0.2, 0.25) is 0 Å². The number of rotatable bonds is 1. The molecule has 6 nitrogen and oxygen atoms in total. The van der Waals surface area contributed by atoms with E-state index in [0.29, 0.717) is 12.1 Å². The Morgan fingerprint density at radius 1 is 1.50 bits per heavy atom. The van der Waals surface area contributed by atoms with Crippen LogP contribution in [-0.4, -0.2) is 27.6 Å². The van der Waals surface area contributed by atoms with E-state index in [-0.39, 0.29) is 17.6 Å². The minimum atomic E-state index is -1.000. The zero-order valence-corrected chi connectivity index (χ0v) is 10.2. The van der Waals surface area contributed by atoms with E-state index in [1.165, 1.54) is 17.0 Å². The Balaban J connectivity index is 2.49. The molecule has 0 saturated heterocycles. The van der Waals surface area contributed by atoms with Crippen molar-refractivity contribution in [3.63, 3.8) is 0 Å². The van der Waals surface area contributed by atoms with Gasteiger partial charge in [0.1, 0.15) is 0 Å². The first-order valence-corrected chi connectivity index (χ1v) is 5.57. The average Bonchev–Trinajstić information content (AvgIpc) is 2.27. The zero-order chi connectivity index (χ0) is 13.5. The SMILES string of the molecule is CC1(C)CN(C(=O)O)Cc2cc([N+](=O)[O-])ccc21. The Labute approximate surface area is 104 Å². The summed E-state index contributed by atoms with van der Waals surface area (Å²) in [6, 6.07) is 4.66. The van der Waals surface area contributed by atoms with Gasteiger partial charge in [-0.15, -0.1) is 0 Å². The average molecular weight is 250 g/mol. The normalized spacial score (nSPS) is 17.1. The van der Waals surface area contributed by atoms with Crippen LogP contribution in [-0.2, 0) is 12.0 Å². The molecule has 1 amide bonds. The Kier molecular flexibility index (Phi) is 2.73. The topological polar surface area (TPSA) is 83.7 Å². The van der Waals surface area contributed by atoms with Gasteiger partial charge >= 0.3 is 6.09 Å². The van der Waals surface area contributed by atoms with Gasteiger partial charge in [0.05, 0.1) is 4.92 Å². The van der Waals surface area contributed by atoms with E-state index in [1.807, 2.05) is 13.8 Å². The minimum Gasteiger partial charge on any atom is -0.465 e. The fourth-order valence-corrected chi connectivity index (χ4v) is 2.44. The number of nitro benzene ring substituents is 1. The van der Waals surface area contributed by atoms with Crippen molar-refractivity contribution in [3.8, 4) is 0 Å². The maximum atomic E-state index is 11.1. The van der Waals surface area contributed by atoms with Crippen LogP contribution in [0.3, 0.4) is 0 Å². The molecule has 0 bridgehead atoms. The van der Waals surface area contributed by atoms with Crippen LogP contribution in [0.1, 0.15) is 25.0 Å². The van der Waals surface area contributed by atoms with Gasteiger partial charge < -0.3 is 10.0 Å². The van der Waals surface area contributed by atoms with Gasteiger partial charge in [0, 0.05) is 30.6 Å². The predicted molar refractivity (Wildman–Crippen MR) is 64.6 cm³/mol. The molecular formula is C12H14N2O4. The monoisotopic (exact) mass is 250 g/mol. The lowest BCUT2D eigenvalue weighted by Crippen LogP contribution is -2.44. The predicted octanol–water partition coefficient (Wildman–Crippen LogP) is 2.37. The molecule has 1 heterocycles. The number of nitrogens with zero attached hydrogens (tertiary/aromatic N) is 2. The number of hydrogen-bond donors (Lipinski definition) is 1. The molecule has 1 aromatic rings. The van der Waals surface area contributed by atoms with E-state index in [1.54, 1.807) is 6.07 Å². The summed E-state index contributed by atoms with van der Waals surface area (Å²) in [6.07, 6.45) is -1.000. The third kappa shape index (κ3) is 2.01. The highest BCUT2D eigenvalue weighted by atomic mass is 16.6. The number of carboxylic acid groups (broad SMARTS) is 1. The highest BCUT2D eigenvalue weighted by Crippen LogP contribution is 2.35. The fraction of sp³-hybridized carbons (Fsp3) is 0.417. The Hall–Kier alpha value is -2.11.